The number of hydrogen-bond acceptors (Lipinski definition) is 6. The zero-order valence-corrected chi connectivity index (χ0v) is 12.9. The molecular formula is C14H19N7O2. The maximum absolute atomic E-state index is 12.0. The highest BCUT2D eigenvalue weighted by molar-refractivity contribution is 5.96. The summed E-state index contributed by atoms with van der Waals surface area (Å²) in [5.41, 5.74) is 6.18. The van der Waals surface area contributed by atoms with Crippen molar-refractivity contribution < 1.29 is 9.59 Å². The average molecular weight is 317 g/mol. The minimum atomic E-state index is -0.646. The van der Waals surface area contributed by atoms with E-state index in [2.05, 4.69) is 25.7 Å². The average Bonchev–Trinajstić information content (AvgIpc) is 3.06. The Hall–Kier alpha value is -2.81. The van der Waals surface area contributed by atoms with Crippen molar-refractivity contribution in [3.05, 3.63) is 31.0 Å². The molecule has 0 aromatic carbocycles. The molecule has 0 unspecified atom stereocenters. The molecule has 0 aliphatic heterocycles. The molecule has 0 radical (unpaired) electrons. The molecule has 23 heavy (non-hydrogen) atoms. The van der Waals surface area contributed by atoms with Crippen LogP contribution >= 0.6 is 0 Å². The van der Waals surface area contributed by atoms with Crippen LogP contribution in [0.2, 0.25) is 0 Å². The largest absolute Gasteiger partial charge is 0.346 e. The van der Waals surface area contributed by atoms with E-state index in [1.54, 1.807) is 18.3 Å². The van der Waals surface area contributed by atoms with E-state index < -0.39 is 6.04 Å². The van der Waals surface area contributed by atoms with Crippen molar-refractivity contribution in [3.8, 4) is 5.82 Å². The highest BCUT2D eigenvalue weighted by Gasteiger charge is 2.18. The maximum Gasteiger partial charge on any atom is 0.243 e. The van der Waals surface area contributed by atoms with Crippen molar-refractivity contribution in [2.45, 2.75) is 19.9 Å². The Balaban J connectivity index is 1.98. The van der Waals surface area contributed by atoms with Crippen molar-refractivity contribution in [2.24, 2.45) is 11.7 Å². The lowest BCUT2D eigenvalue weighted by atomic mass is 10.1. The first kappa shape index (κ1) is 16.6. The normalized spacial score (nSPS) is 12.0. The second-order valence-electron chi connectivity index (χ2n) is 5.25. The van der Waals surface area contributed by atoms with Gasteiger partial charge in [0.15, 0.2) is 5.82 Å². The molecule has 0 bridgehead atoms. The Morgan fingerprint density at radius 2 is 2.17 bits per heavy atom. The van der Waals surface area contributed by atoms with Crippen LogP contribution < -0.4 is 16.4 Å². The van der Waals surface area contributed by atoms with Gasteiger partial charge in [0.1, 0.15) is 12.7 Å². The Morgan fingerprint density at radius 1 is 1.39 bits per heavy atom. The van der Waals surface area contributed by atoms with Gasteiger partial charge in [0, 0.05) is 6.20 Å². The summed E-state index contributed by atoms with van der Waals surface area (Å²) in [4.78, 5) is 31.7. The van der Waals surface area contributed by atoms with E-state index in [9.17, 15) is 9.59 Å². The zero-order valence-electron chi connectivity index (χ0n) is 12.9. The second kappa shape index (κ2) is 7.45. The van der Waals surface area contributed by atoms with Crippen LogP contribution in [0.1, 0.15) is 13.8 Å². The fourth-order valence-electron chi connectivity index (χ4n) is 1.78. The third-order valence-electron chi connectivity index (χ3n) is 3.14. The number of anilines is 1. The number of aromatic nitrogens is 4. The number of rotatable bonds is 6. The first-order valence-electron chi connectivity index (χ1n) is 7.12. The van der Waals surface area contributed by atoms with Crippen LogP contribution in [0.4, 0.5) is 5.69 Å². The van der Waals surface area contributed by atoms with E-state index in [0.717, 1.165) is 0 Å². The number of pyridine rings is 1. The Morgan fingerprint density at radius 3 is 2.83 bits per heavy atom. The third-order valence-corrected chi connectivity index (χ3v) is 3.14. The van der Waals surface area contributed by atoms with E-state index in [0.29, 0.717) is 11.5 Å². The lowest BCUT2D eigenvalue weighted by Crippen LogP contribution is -2.46. The molecule has 2 amide bonds. The summed E-state index contributed by atoms with van der Waals surface area (Å²) in [5, 5.41) is 9.16. The molecular weight excluding hydrogens is 298 g/mol. The first-order valence-corrected chi connectivity index (χ1v) is 7.12. The molecule has 0 aliphatic carbocycles. The SMILES string of the molecule is CC(C)[C@H](N)C(=O)NCC(=O)Nc1cccnc1-n1cncn1. The summed E-state index contributed by atoms with van der Waals surface area (Å²) in [5.74, 6) is -0.319. The predicted molar refractivity (Wildman–Crippen MR) is 83.6 cm³/mol. The van der Waals surface area contributed by atoms with Gasteiger partial charge in [0.05, 0.1) is 18.3 Å². The Bertz CT molecular complexity index is 670. The molecule has 4 N–H and O–H groups in total. The lowest BCUT2D eigenvalue weighted by molar-refractivity contribution is -0.125. The summed E-state index contributed by atoms with van der Waals surface area (Å²) >= 11 is 0. The highest BCUT2D eigenvalue weighted by Crippen LogP contribution is 2.15. The van der Waals surface area contributed by atoms with Gasteiger partial charge in [-0.05, 0) is 18.1 Å². The van der Waals surface area contributed by atoms with Gasteiger partial charge in [-0.1, -0.05) is 13.8 Å². The van der Waals surface area contributed by atoms with Crippen LogP contribution in [0, 0.1) is 5.92 Å². The number of amides is 2. The predicted octanol–water partition coefficient (Wildman–Crippen LogP) is -0.300. The fraction of sp³-hybridized carbons (Fsp3) is 0.357. The lowest BCUT2D eigenvalue weighted by Gasteiger charge is -2.15. The molecule has 0 fully saturated rings. The van der Waals surface area contributed by atoms with Crippen LogP contribution in [0.15, 0.2) is 31.0 Å². The molecule has 0 spiro atoms. The van der Waals surface area contributed by atoms with Gasteiger partial charge in [-0.2, -0.15) is 5.10 Å². The van der Waals surface area contributed by atoms with Crippen molar-refractivity contribution in [1.82, 2.24) is 25.1 Å². The van der Waals surface area contributed by atoms with Gasteiger partial charge in [0.2, 0.25) is 11.8 Å². The summed E-state index contributed by atoms with van der Waals surface area (Å²) in [6, 6.07) is 2.72. The molecule has 122 valence electrons. The van der Waals surface area contributed by atoms with Gasteiger partial charge in [-0.15, -0.1) is 0 Å². The summed E-state index contributed by atoms with van der Waals surface area (Å²) in [6.07, 6.45) is 4.42. The molecule has 2 rings (SSSR count). The quantitative estimate of drug-likeness (QED) is 0.671. The van der Waals surface area contributed by atoms with Crippen LogP contribution in [-0.4, -0.2) is 44.1 Å². The summed E-state index contributed by atoms with van der Waals surface area (Å²) in [7, 11) is 0. The summed E-state index contributed by atoms with van der Waals surface area (Å²) < 4.78 is 1.43. The number of carbonyl (C=O) groups excluding carboxylic acids is 2. The first-order chi connectivity index (χ1) is 11.0. The molecule has 0 saturated carbocycles. The highest BCUT2D eigenvalue weighted by atomic mass is 16.2. The van der Waals surface area contributed by atoms with E-state index in [-0.39, 0.29) is 24.3 Å². The Kier molecular flexibility index (Phi) is 5.36. The van der Waals surface area contributed by atoms with E-state index >= 15 is 0 Å². The molecule has 0 saturated heterocycles. The van der Waals surface area contributed by atoms with Crippen LogP contribution in [0.25, 0.3) is 5.82 Å². The van der Waals surface area contributed by atoms with Crippen molar-refractivity contribution in [1.29, 1.82) is 0 Å². The third kappa shape index (κ3) is 4.33. The van der Waals surface area contributed by atoms with Crippen LogP contribution in [0.3, 0.4) is 0 Å². The van der Waals surface area contributed by atoms with Gasteiger partial charge in [-0.3, -0.25) is 9.59 Å². The Labute approximate surface area is 133 Å². The van der Waals surface area contributed by atoms with Gasteiger partial charge in [0.25, 0.3) is 0 Å². The van der Waals surface area contributed by atoms with Crippen LogP contribution in [-0.2, 0) is 9.59 Å². The number of hydrogen-bond donors (Lipinski definition) is 3. The summed E-state index contributed by atoms with van der Waals surface area (Å²) in [6.45, 7) is 3.50. The molecule has 9 nitrogen and oxygen atoms in total. The smallest absolute Gasteiger partial charge is 0.243 e. The van der Waals surface area contributed by atoms with E-state index in [1.807, 2.05) is 13.8 Å². The topological polar surface area (TPSA) is 128 Å². The monoisotopic (exact) mass is 317 g/mol. The number of carbonyl (C=O) groups is 2. The van der Waals surface area contributed by atoms with Crippen molar-refractivity contribution in [2.75, 3.05) is 11.9 Å². The van der Waals surface area contributed by atoms with Crippen LogP contribution in [0.5, 0.6) is 0 Å². The second-order valence-corrected chi connectivity index (χ2v) is 5.25. The molecule has 2 aromatic rings. The van der Waals surface area contributed by atoms with Gasteiger partial charge < -0.3 is 16.4 Å². The number of nitrogens with two attached hydrogens (primary N) is 1. The molecule has 0 aliphatic rings. The minimum absolute atomic E-state index is 0.00435. The molecule has 2 heterocycles. The van der Waals surface area contributed by atoms with Gasteiger partial charge >= 0.3 is 0 Å². The van der Waals surface area contributed by atoms with Gasteiger partial charge in [-0.25, -0.2) is 14.6 Å². The van der Waals surface area contributed by atoms with E-state index in [1.165, 1.54) is 17.3 Å². The zero-order chi connectivity index (χ0) is 16.8. The number of nitrogens with zero attached hydrogens (tertiary/aromatic N) is 4. The van der Waals surface area contributed by atoms with Crippen molar-refractivity contribution in [3.63, 3.8) is 0 Å². The standard InChI is InChI=1S/C14H19N7O2/c1-9(2)12(15)14(23)18-6-11(22)20-10-4-3-5-17-13(10)21-8-16-7-19-21/h3-5,7-9,12H,6,15H2,1-2H3,(H,18,23)(H,20,22)/t12-/m0/s1. The molecule has 9 heteroatoms. The van der Waals surface area contributed by atoms with Crippen molar-refractivity contribution >= 4 is 17.5 Å². The maximum atomic E-state index is 12.0. The molecule has 2 aromatic heterocycles. The molecule has 1 atom stereocenters. The van der Waals surface area contributed by atoms with E-state index in [4.69, 9.17) is 5.73 Å². The number of nitrogens with one attached hydrogen (secondary N) is 2. The minimum Gasteiger partial charge on any atom is -0.346 e. The fourth-order valence-corrected chi connectivity index (χ4v) is 1.78.